The standard InChI is InChI=1S/C13H14N2O/c1-2-15-7-6-9-8-14-11-5-3-4-10(12(9)11)13(15)16/h3-5,8,14H,2,6-7H2,1H3. The lowest BCUT2D eigenvalue weighted by Gasteiger charge is -2.18. The average Bonchev–Trinajstić information content (AvgIpc) is 2.66. The Hall–Kier alpha value is -1.77. The van der Waals surface area contributed by atoms with Gasteiger partial charge in [-0.05, 0) is 31.0 Å². The second-order valence-corrected chi connectivity index (χ2v) is 4.18. The number of hydrogen-bond donors (Lipinski definition) is 1. The van der Waals surface area contributed by atoms with Gasteiger partial charge < -0.3 is 9.88 Å². The number of nitrogens with zero attached hydrogens (tertiary/aromatic N) is 1. The first-order valence-corrected chi connectivity index (χ1v) is 5.69. The summed E-state index contributed by atoms with van der Waals surface area (Å²) in [4.78, 5) is 17.4. The van der Waals surface area contributed by atoms with E-state index in [0.717, 1.165) is 36.0 Å². The molecule has 0 radical (unpaired) electrons. The largest absolute Gasteiger partial charge is 0.361 e. The molecule has 0 saturated carbocycles. The molecule has 1 amide bonds. The van der Waals surface area contributed by atoms with Crippen LogP contribution >= 0.6 is 0 Å². The van der Waals surface area contributed by atoms with Gasteiger partial charge in [0.25, 0.3) is 5.91 Å². The molecule has 3 heteroatoms. The first kappa shape index (κ1) is 9.46. The fraction of sp³-hybridized carbons (Fsp3) is 0.308. The maximum Gasteiger partial charge on any atom is 0.254 e. The number of benzene rings is 1. The molecule has 0 unspecified atom stereocenters. The summed E-state index contributed by atoms with van der Waals surface area (Å²) in [7, 11) is 0. The van der Waals surface area contributed by atoms with Gasteiger partial charge in [0.2, 0.25) is 0 Å². The fourth-order valence-electron chi connectivity index (χ4n) is 2.46. The molecule has 1 aliphatic heterocycles. The molecule has 0 atom stereocenters. The molecular weight excluding hydrogens is 200 g/mol. The molecule has 0 fully saturated rings. The molecule has 0 spiro atoms. The number of hydrogen-bond acceptors (Lipinski definition) is 1. The normalized spacial score (nSPS) is 15.6. The van der Waals surface area contributed by atoms with Gasteiger partial charge in [-0.25, -0.2) is 0 Å². The van der Waals surface area contributed by atoms with E-state index in [9.17, 15) is 4.79 Å². The van der Waals surface area contributed by atoms with Crippen LogP contribution in [-0.2, 0) is 6.42 Å². The average molecular weight is 214 g/mol. The van der Waals surface area contributed by atoms with Crippen molar-refractivity contribution in [3.63, 3.8) is 0 Å². The number of aromatic amines is 1. The molecule has 2 heterocycles. The number of likely N-dealkylation sites (N-methyl/N-ethyl adjacent to an activating group) is 1. The van der Waals surface area contributed by atoms with Gasteiger partial charge in [-0.1, -0.05) is 6.07 Å². The SMILES string of the molecule is CCN1CCc2c[nH]c3cccc(c23)C1=O. The summed E-state index contributed by atoms with van der Waals surface area (Å²) in [6.45, 7) is 3.63. The van der Waals surface area contributed by atoms with Gasteiger partial charge >= 0.3 is 0 Å². The maximum atomic E-state index is 12.3. The molecule has 3 nitrogen and oxygen atoms in total. The quantitative estimate of drug-likeness (QED) is 0.776. The zero-order valence-corrected chi connectivity index (χ0v) is 9.29. The van der Waals surface area contributed by atoms with Gasteiger partial charge in [-0.2, -0.15) is 0 Å². The highest BCUT2D eigenvalue weighted by Crippen LogP contribution is 2.26. The van der Waals surface area contributed by atoms with Crippen LogP contribution in [0, 0.1) is 0 Å². The third kappa shape index (κ3) is 1.18. The second kappa shape index (κ2) is 3.37. The Morgan fingerprint density at radius 3 is 3.12 bits per heavy atom. The highest BCUT2D eigenvalue weighted by molar-refractivity contribution is 6.08. The Morgan fingerprint density at radius 2 is 2.31 bits per heavy atom. The van der Waals surface area contributed by atoms with E-state index in [1.807, 2.05) is 36.2 Å². The van der Waals surface area contributed by atoms with Crippen molar-refractivity contribution in [3.05, 3.63) is 35.5 Å². The molecule has 0 aliphatic carbocycles. The van der Waals surface area contributed by atoms with Crippen LogP contribution < -0.4 is 0 Å². The van der Waals surface area contributed by atoms with Gasteiger partial charge in [0.05, 0.1) is 0 Å². The first-order chi connectivity index (χ1) is 7.81. The lowest BCUT2D eigenvalue weighted by Crippen LogP contribution is -2.31. The molecule has 82 valence electrons. The predicted molar refractivity (Wildman–Crippen MR) is 63.6 cm³/mol. The molecule has 1 aliphatic rings. The van der Waals surface area contributed by atoms with Crippen LogP contribution in [0.3, 0.4) is 0 Å². The highest BCUT2D eigenvalue weighted by atomic mass is 16.2. The van der Waals surface area contributed by atoms with Crippen LogP contribution in [-0.4, -0.2) is 28.9 Å². The Balaban J connectivity index is 2.28. The topological polar surface area (TPSA) is 36.1 Å². The van der Waals surface area contributed by atoms with Crippen LogP contribution in [0.2, 0.25) is 0 Å². The minimum absolute atomic E-state index is 0.159. The number of nitrogens with one attached hydrogen (secondary N) is 1. The summed E-state index contributed by atoms with van der Waals surface area (Å²) >= 11 is 0. The van der Waals surface area contributed by atoms with Crippen molar-refractivity contribution < 1.29 is 4.79 Å². The molecule has 3 rings (SSSR count). The lowest BCUT2D eigenvalue weighted by atomic mass is 10.1. The zero-order valence-electron chi connectivity index (χ0n) is 9.29. The van der Waals surface area contributed by atoms with E-state index >= 15 is 0 Å². The van der Waals surface area contributed by atoms with E-state index in [1.165, 1.54) is 5.56 Å². The van der Waals surface area contributed by atoms with E-state index in [4.69, 9.17) is 0 Å². The number of carbonyl (C=O) groups excluding carboxylic acids is 1. The van der Waals surface area contributed by atoms with Crippen molar-refractivity contribution >= 4 is 16.8 Å². The van der Waals surface area contributed by atoms with E-state index in [-0.39, 0.29) is 5.91 Å². The highest BCUT2D eigenvalue weighted by Gasteiger charge is 2.22. The number of carbonyl (C=O) groups is 1. The lowest BCUT2D eigenvalue weighted by molar-refractivity contribution is 0.0771. The summed E-state index contributed by atoms with van der Waals surface area (Å²) in [5.41, 5.74) is 3.17. The molecular formula is C13H14N2O. The monoisotopic (exact) mass is 214 g/mol. The van der Waals surface area contributed by atoms with Crippen LogP contribution in [0.4, 0.5) is 0 Å². The van der Waals surface area contributed by atoms with Gasteiger partial charge in [-0.15, -0.1) is 0 Å². The summed E-state index contributed by atoms with van der Waals surface area (Å²) in [5, 5.41) is 1.11. The number of H-pyrrole nitrogens is 1. The third-order valence-electron chi connectivity index (χ3n) is 3.34. The summed E-state index contributed by atoms with van der Waals surface area (Å²) in [6, 6.07) is 5.89. The van der Waals surface area contributed by atoms with E-state index in [1.54, 1.807) is 0 Å². The predicted octanol–water partition coefficient (Wildman–Crippen LogP) is 2.19. The van der Waals surface area contributed by atoms with Gasteiger partial charge in [-0.3, -0.25) is 4.79 Å². The maximum absolute atomic E-state index is 12.3. The summed E-state index contributed by atoms with van der Waals surface area (Å²) in [5.74, 6) is 0.159. The van der Waals surface area contributed by atoms with Crippen molar-refractivity contribution in [2.24, 2.45) is 0 Å². The van der Waals surface area contributed by atoms with E-state index in [0.29, 0.717) is 0 Å². The van der Waals surface area contributed by atoms with Crippen LogP contribution in [0.1, 0.15) is 22.8 Å². The van der Waals surface area contributed by atoms with Crippen LogP contribution in [0.25, 0.3) is 10.9 Å². The van der Waals surface area contributed by atoms with Crippen molar-refractivity contribution in [2.75, 3.05) is 13.1 Å². The minimum atomic E-state index is 0.159. The summed E-state index contributed by atoms with van der Waals surface area (Å²) < 4.78 is 0. The van der Waals surface area contributed by atoms with Crippen molar-refractivity contribution in [1.82, 2.24) is 9.88 Å². The van der Waals surface area contributed by atoms with Gasteiger partial charge in [0.15, 0.2) is 0 Å². The Labute approximate surface area is 94.1 Å². The number of aromatic nitrogens is 1. The molecule has 0 bridgehead atoms. The number of rotatable bonds is 1. The van der Waals surface area contributed by atoms with Crippen molar-refractivity contribution in [2.45, 2.75) is 13.3 Å². The molecule has 2 aromatic rings. The Bertz CT molecular complexity index is 556. The molecule has 1 aromatic heterocycles. The van der Waals surface area contributed by atoms with Crippen molar-refractivity contribution in [1.29, 1.82) is 0 Å². The van der Waals surface area contributed by atoms with Crippen LogP contribution in [0.5, 0.6) is 0 Å². The molecule has 1 N–H and O–H groups in total. The molecule has 0 saturated heterocycles. The van der Waals surface area contributed by atoms with Crippen LogP contribution in [0.15, 0.2) is 24.4 Å². The fourth-order valence-corrected chi connectivity index (χ4v) is 2.46. The Morgan fingerprint density at radius 1 is 1.44 bits per heavy atom. The van der Waals surface area contributed by atoms with E-state index in [2.05, 4.69) is 4.98 Å². The van der Waals surface area contributed by atoms with Crippen molar-refractivity contribution in [3.8, 4) is 0 Å². The number of amides is 1. The van der Waals surface area contributed by atoms with Gasteiger partial charge in [0.1, 0.15) is 0 Å². The minimum Gasteiger partial charge on any atom is -0.361 e. The van der Waals surface area contributed by atoms with E-state index < -0.39 is 0 Å². The molecule has 1 aromatic carbocycles. The van der Waals surface area contributed by atoms with Gasteiger partial charge in [0, 0.05) is 35.8 Å². The summed E-state index contributed by atoms with van der Waals surface area (Å²) in [6.07, 6.45) is 2.97. The third-order valence-corrected chi connectivity index (χ3v) is 3.34. The zero-order chi connectivity index (χ0) is 11.1. The Kier molecular flexibility index (Phi) is 1.99. The first-order valence-electron chi connectivity index (χ1n) is 5.69. The molecule has 16 heavy (non-hydrogen) atoms. The smallest absolute Gasteiger partial charge is 0.254 e. The second-order valence-electron chi connectivity index (χ2n) is 4.18.